The second-order valence-electron chi connectivity index (χ2n) is 7.28. The van der Waals surface area contributed by atoms with Crippen LogP contribution in [-0.4, -0.2) is 16.9 Å². The minimum Gasteiger partial charge on any atom is -0.489 e. The van der Waals surface area contributed by atoms with E-state index in [1.165, 1.54) is 23.1 Å². The van der Waals surface area contributed by atoms with E-state index in [-0.39, 0.29) is 16.5 Å². The summed E-state index contributed by atoms with van der Waals surface area (Å²) < 4.78 is 18.7. The molecule has 1 aliphatic rings. The third-order valence-electron chi connectivity index (χ3n) is 4.90. The second-order valence-corrected chi connectivity index (χ2v) is 7.66. The van der Waals surface area contributed by atoms with E-state index in [0.29, 0.717) is 23.6 Å². The lowest BCUT2D eigenvalue weighted by atomic mass is 10.1. The van der Waals surface area contributed by atoms with Gasteiger partial charge in [-0.2, -0.15) is 0 Å². The molecule has 0 bridgehead atoms. The van der Waals surface area contributed by atoms with E-state index in [1.807, 2.05) is 19.1 Å². The van der Waals surface area contributed by atoms with E-state index in [9.17, 15) is 14.0 Å². The lowest BCUT2D eigenvalue weighted by Gasteiger charge is -2.29. The fourth-order valence-corrected chi connectivity index (χ4v) is 3.44. The van der Waals surface area contributed by atoms with Crippen LogP contribution in [0.3, 0.4) is 0 Å². The van der Waals surface area contributed by atoms with Crippen molar-refractivity contribution in [3.8, 4) is 5.75 Å². The van der Waals surface area contributed by atoms with Gasteiger partial charge >= 0.3 is 0 Å². The van der Waals surface area contributed by atoms with Crippen LogP contribution in [0.5, 0.6) is 5.75 Å². The van der Waals surface area contributed by atoms with Crippen LogP contribution in [0.15, 0.2) is 78.4 Å². The average molecular weight is 447 g/mol. The van der Waals surface area contributed by atoms with Gasteiger partial charge < -0.3 is 4.74 Å². The molecule has 160 valence electrons. The summed E-state index contributed by atoms with van der Waals surface area (Å²) >= 11 is 5.22. The molecule has 1 heterocycles. The van der Waals surface area contributed by atoms with E-state index in [1.54, 1.807) is 48.5 Å². The van der Waals surface area contributed by atoms with Crippen molar-refractivity contribution < 1.29 is 18.7 Å². The Hall–Kier alpha value is -3.84. The fraction of sp³-hybridized carbons (Fsp3) is 0.0800. The summed E-state index contributed by atoms with van der Waals surface area (Å²) in [7, 11) is 0. The Morgan fingerprint density at radius 2 is 1.62 bits per heavy atom. The normalized spacial score (nSPS) is 15.1. The third kappa shape index (κ3) is 4.73. The quantitative estimate of drug-likeness (QED) is 0.355. The van der Waals surface area contributed by atoms with Crippen LogP contribution >= 0.6 is 12.2 Å². The molecule has 2 amide bonds. The monoisotopic (exact) mass is 446 g/mol. The number of amides is 2. The summed E-state index contributed by atoms with van der Waals surface area (Å²) in [5, 5.41) is 2.62. The van der Waals surface area contributed by atoms with Crippen molar-refractivity contribution in [2.75, 3.05) is 4.90 Å². The van der Waals surface area contributed by atoms with Gasteiger partial charge in [-0.05, 0) is 72.7 Å². The van der Waals surface area contributed by atoms with Crippen LogP contribution in [0.4, 0.5) is 10.1 Å². The lowest BCUT2D eigenvalue weighted by molar-refractivity contribution is -0.122. The Kier molecular flexibility index (Phi) is 6.09. The highest BCUT2D eigenvalue weighted by atomic mass is 32.1. The number of carbonyl (C=O) groups is 2. The maximum absolute atomic E-state index is 13.0. The van der Waals surface area contributed by atoms with Crippen molar-refractivity contribution in [1.29, 1.82) is 0 Å². The van der Waals surface area contributed by atoms with E-state index in [4.69, 9.17) is 17.0 Å². The van der Waals surface area contributed by atoms with E-state index in [2.05, 4.69) is 5.32 Å². The Balaban J connectivity index is 1.50. The number of hydrogen-bond acceptors (Lipinski definition) is 4. The van der Waals surface area contributed by atoms with E-state index < -0.39 is 11.8 Å². The minimum atomic E-state index is -0.542. The summed E-state index contributed by atoms with van der Waals surface area (Å²) in [5.41, 5.74) is 3.12. The van der Waals surface area contributed by atoms with E-state index in [0.717, 1.165) is 11.1 Å². The van der Waals surface area contributed by atoms with Gasteiger partial charge in [-0.1, -0.05) is 42.0 Å². The Labute approximate surface area is 190 Å². The molecule has 4 rings (SSSR count). The van der Waals surface area contributed by atoms with Crippen molar-refractivity contribution in [3.05, 3.63) is 101 Å². The summed E-state index contributed by atoms with van der Waals surface area (Å²) in [6.07, 6.45) is 1.52. The molecule has 0 spiro atoms. The largest absolute Gasteiger partial charge is 0.489 e. The summed E-state index contributed by atoms with van der Waals surface area (Å²) in [4.78, 5) is 26.8. The predicted octanol–water partition coefficient (Wildman–Crippen LogP) is 4.54. The van der Waals surface area contributed by atoms with Crippen molar-refractivity contribution in [3.63, 3.8) is 0 Å². The molecule has 3 aromatic carbocycles. The molecule has 1 fully saturated rings. The van der Waals surface area contributed by atoms with Gasteiger partial charge in [0.25, 0.3) is 11.8 Å². The summed E-state index contributed by atoms with van der Waals surface area (Å²) in [5.74, 6) is -0.716. The number of halogens is 1. The topological polar surface area (TPSA) is 58.6 Å². The van der Waals surface area contributed by atoms with Crippen molar-refractivity contribution >= 4 is 40.9 Å². The zero-order valence-corrected chi connectivity index (χ0v) is 18.0. The number of benzene rings is 3. The molecule has 3 aromatic rings. The smallest absolute Gasteiger partial charge is 0.270 e. The van der Waals surface area contributed by atoms with Crippen LogP contribution in [0.1, 0.15) is 16.7 Å². The highest BCUT2D eigenvalue weighted by molar-refractivity contribution is 7.80. The maximum atomic E-state index is 13.0. The molecule has 1 saturated heterocycles. The highest BCUT2D eigenvalue weighted by Crippen LogP contribution is 2.23. The van der Waals surface area contributed by atoms with Crippen LogP contribution in [0, 0.1) is 12.7 Å². The molecule has 5 nitrogen and oxygen atoms in total. The number of nitrogens with one attached hydrogen (secondary N) is 1. The first kappa shape index (κ1) is 21.4. The number of nitrogens with zero attached hydrogens (tertiary/aromatic N) is 1. The van der Waals surface area contributed by atoms with Gasteiger partial charge in [-0.25, -0.2) is 4.39 Å². The maximum Gasteiger partial charge on any atom is 0.270 e. The number of carbonyl (C=O) groups excluding carboxylic acids is 2. The van der Waals surface area contributed by atoms with Gasteiger partial charge in [0.15, 0.2) is 5.11 Å². The van der Waals surface area contributed by atoms with Crippen LogP contribution < -0.4 is 15.0 Å². The molecule has 0 aliphatic carbocycles. The summed E-state index contributed by atoms with van der Waals surface area (Å²) in [6.45, 7) is 2.24. The first-order valence-corrected chi connectivity index (χ1v) is 10.3. The molecule has 0 aromatic heterocycles. The summed E-state index contributed by atoms with van der Waals surface area (Å²) in [6, 6.07) is 20.4. The Morgan fingerprint density at radius 3 is 2.28 bits per heavy atom. The van der Waals surface area contributed by atoms with Crippen molar-refractivity contribution in [2.45, 2.75) is 13.5 Å². The molecule has 0 unspecified atom stereocenters. The van der Waals surface area contributed by atoms with Gasteiger partial charge in [0.1, 0.15) is 23.7 Å². The third-order valence-corrected chi connectivity index (χ3v) is 5.19. The zero-order chi connectivity index (χ0) is 22.7. The van der Waals surface area contributed by atoms with Gasteiger partial charge in [0.2, 0.25) is 0 Å². The standard InChI is InChI=1S/C25H19FN2O3S/c1-16-2-10-20(11-3-16)28-24(30)22(23(29)27-25(28)32)14-17-6-12-21(13-7-17)31-15-18-4-8-19(26)9-5-18/h2-14H,15H2,1H3,(H,27,29,32)/b22-14-. The fourth-order valence-electron chi connectivity index (χ4n) is 3.16. The Morgan fingerprint density at radius 1 is 0.969 bits per heavy atom. The first-order chi connectivity index (χ1) is 15.4. The predicted molar refractivity (Wildman–Crippen MR) is 125 cm³/mol. The number of rotatable bonds is 5. The zero-order valence-electron chi connectivity index (χ0n) is 17.2. The van der Waals surface area contributed by atoms with Gasteiger partial charge in [-0.3, -0.25) is 19.8 Å². The highest BCUT2D eigenvalue weighted by Gasteiger charge is 2.34. The molecule has 1 N–H and O–H groups in total. The Bertz CT molecular complexity index is 1200. The second kappa shape index (κ2) is 9.11. The molecule has 0 saturated carbocycles. The average Bonchev–Trinajstić information content (AvgIpc) is 2.78. The van der Waals surface area contributed by atoms with Gasteiger partial charge in [-0.15, -0.1) is 0 Å². The lowest BCUT2D eigenvalue weighted by Crippen LogP contribution is -2.54. The van der Waals surface area contributed by atoms with Crippen molar-refractivity contribution in [2.24, 2.45) is 0 Å². The van der Waals surface area contributed by atoms with Gasteiger partial charge in [0.05, 0.1) is 5.69 Å². The van der Waals surface area contributed by atoms with Crippen LogP contribution in [0.2, 0.25) is 0 Å². The number of hydrogen-bond donors (Lipinski definition) is 1. The van der Waals surface area contributed by atoms with Crippen LogP contribution in [-0.2, 0) is 16.2 Å². The molecular weight excluding hydrogens is 427 g/mol. The molecule has 0 radical (unpaired) electrons. The molecule has 1 aliphatic heterocycles. The van der Waals surface area contributed by atoms with Crippen LogP contribution in [0.25, 0.3) is 6.08 Å². The molecule has 0 atom stereocenters. The van der Waals surface area contributed by atoms with E-state index >= 15 is 0 Å². The molecule has 7 heteroatoms. The molecular formula is C25H19FN2O3S. The minimum absolute atomic E-state index is 0.0147. The van der Waals surface area contributed by atoms with Gasteiger partial charge in [0, 0.05) is 0 Å². The SMILES string of the molecule is Cc1ccc(N2C(=O)/C(=C\c3ccc(OCc4ccc(F)cc4)cc3)C(=O)NC2=S)cc1. The number of ether oxygens (including phenoxy) is 1. The number of anilines is 1. The number of thiocarbonyl (C=S) groups is 1. The molecule has 32 heavy (non-hydrogen) atoms. The first-order valence-electron chi connectivity index (χ1n) is 9.86. The number of aryl methyl sites for hydroxylation is 1. The van der Waals surface area contributed by atoms with Crippen molar-refractivity contribution in [1.82, 2.24) is 5.32 Å².